The molecular weight excluding hydrogens is 343 g/mol. The summed E-state index contributed by atoms with van der Waals surface area (Å²) in [5, 5.41) is 15.3. The van der Waals surface area contributed by atoms with E-state index in [0.29, 0.717) is 11.4 Å². The molecule has 0 aliphatic carbocycles. The summed E-state index contributed by atoms with van der Waals surface area (Å²) in [6.45, 7) is 0.165. The number of hydrogen-bond donors (Lipinski definition) is 1. The van der Waals surface area contributed by atoms with Gasteiger partial charge >= 0.3 is 0 Å². The molecule has 1 heterocycles. The number of rotatable bonds is 3. The molecule has 5 nitrogen and oxygen atoms in total. The molecule has 1 amide bonds. The van der Waals surface area contributed by atoms with Crippen LogP contribution in [0.2, 0.25) is 0 Å². The zero-order valence-corrected chi connectivity index (χ0v) is 11.5. The summed E-state index contributed by atoms with van der Waals surface area (Å²) in [4.78, 5) is 12.0. The van der Waals surface area contributed by atoms with E-state index in [1.807, 2.05) is 24.3 Å². The van der Waals surface area contributed by atoms with Crippen LogP contribution in [0.5, 0.6) is 0 Å². The van der Waals surface area contributed by atoms with Crippen molar-refractivity contribution in [2.45, 2.75) is 6.54 Å². The zero-order chi connectivity index (χ0) is 13.0. The molecule has 0 fully saturated rings. The molecule has 1 aromatic carbocycles. The third-order valence-electron chi connectivity index (χ3n) is 2.23. The number of carbonyl (C=O) groups is 1. The number of carbonyl (C=O) groups excluding carboxylic acids is 1. The fourth-order valence-corrected chi connectivity index (χ4v) is 2.05. The SMILES string of the molecule is N#CCn1ccc(NC(=O)c2ccccc2I)n1. The maximum Gasteiger partial charge on any atom is 0.257 e. The predicted octanol–water partition coefficient (Wildman–Crippen LogP) is 2.26. The van der Waals surface area contributed by atoms with E-state index in [4.69, 9.17) is 5.26 Å². The molecule has 0 aliphatic heterocycles. The van der Waals surface area contributed by atoms with Gasteiger partial charge in [-0.3, -0.25) is 9.48 Å². The van der Waals surface area contributed by atoms with Gasteiger partial charge in [-0.25, -0.2) is 0 Å². The van der Waals surface area contributed by atoms with E-state index in [0.717, 1.165) is 3.57 Å². The molecule has 0 radical (unpaired) electrons. The smallest absolute Gasteiger partial charge is 0.257 e. The number of aromatic nitrogens is 2. The Labute approximate surface area is 118 Å². The molecule has 0 spiro atoms. The molecule has 2 aromatic rings. The number of nitriles is 1. The van der Waals surface area contributed by atoms with Crippen LogP contribution in [-0.4, -0.2) is 15.7 Å². The van der Waals surface area contributed by atoms with Crippen LogP contribution < -0.4 is 5.32 Å². The van der Waals surface area contributed by atoms with Crippen LogP contribution in [0.25, 0.3) is 0 Å². The van der Waals surface area contributed by atoms with Crippen molar-refractivity contribution in [2.75, 3.05) is 5.32 Å². The van der Waals surface area contributed by atoms with Gasteiger partial charge in [0.25, 0.3) is 5.91 Å². The second-order valence-electron chi connectivity index (χ2n) is 3.49. The van der Waals surface area contributed by atoms with Gasteiger partial charge in [0.1, 0.15) is 6.54 Å². The standard InChI is InChI=1S/C12H9IN4O/c13-10-4-2-1-3-9(10)12(18)15-11-5-7-17(16-11)8-6-14/h1-5,7H,8H2,(H,15,16,18). The minimum atomic E-state index is -0.206. The Morgan fingerprint density at radius 1 is 1.44 bits per heavy atom. The van der Waals surface area contributed by atoms with Crippen molar-refractivity contribution in [1.82, 2.24) is 9.78 Å². The number of halogens is 1. The topological polar surface area (TPSA) is 70.7 Å². The predicted molar refractivity (Wildman–Crippen MR) is 75.0 cm³/mol. The van der Waals surface area contributed by atoms with Crippen LogP contribution in [-0.2, 0) is 6.54 Å². The molecule has 18 heavy (non-hydrogen) atoms. The molecule has 0 aliphatic rings. The van der Waals surface area contributed by atoms with E-state index < -0.39 is 0 Å². The highest BCUT2D eigenvalue weighted by atomic mass is 127. The lowest BCUT2D eigenvalue weighted by Gasteiger charge is -2.03. The Hall–Kier alpha value is -1.88. The van der Waals surface area contributed by atoms with Crippen LogP contribution in [0.3, 0.4) is 0 Å². The molecule has 0 saturated heterocycles. The second-order valence-corrected chi connectivity index (χ2v) is 4.65. The van der Waals surface area contributed by atoms with Gasteiger partial charge in [0, 0.05) is 15.8 Å². The summed E-state index contributed by atoms with van der Waals surface area (Å²) < 4.78 is 2.34. The Kier molecular flexibility index (Phi) is 3.94. The van der Waals surface area contributed by atoms with Crippen LogP contribution in [0.1, 0.15) is 10.4 Å². The first kappa shape index (κ1) is 12.6. The highest BCUT2D eigenvalue weighted by Crippen LogP contribution is 2.13. The normalized spacial score (nSPS) is 9.78. The van der Waals surface area contributed by atoms with E-state index in [9.17, 15) is 4.79 Å². The molecule has 1 N–H and O–H groups in total. The van der Waals surface area contributed by atoms with Crippen molar-refractivity contribution in [3.05, 3.63) is 45.7 Å². The van der Waals surface area contributed by atoms with Gasteiger partial charge in [0.2, 0.25) is 0 Å². The Morgan fingerprint density at radius 2 is 2.22 bits per heavy atom. The summed E-state index contributed by atoms with van der Waals surface area (Å²) >= 11 is 2.11. The average Bonchev–Trinajstić information content (AvgIpc) is 2.77. The van der Waals surface area contributed by atoms with Gasteiger partial charge in [-0.05, 0) is 34.7 Å². The molecule has 1 aromatic heterocycles. The molecule has 0 unspecified atom stereocenters. The molecule has 0 saturated carbocycles. The van der Waals surface area contributed by atoms with Crippen molar-refractivity contribution < 1.29 is 4.79 Å². The van der Waals surface area contributed by atoms with Gasteiger partial charge in [0.15, 0.2) is 5.82 Å². The number of nitrogens with one attached hydrogen (secondary N) is 1. The molecule has 0 atom stereocenters. The Balaban J connectivity index is 2.12. The van der Waals surface area contributed by atoms with Gasteiger partial charge in [-0.2, -0.15) is 10.4 Å². The molecule has 6 heteroatoms. The quantitative estimate of drug-likeness (QED) is 0.862. The number of hydrogen-bond acceptors (Lipinski definition) is 3. The largest absolute Gasteiger partial charge is 0.305 e. The van der Waals surface area contributed by atoms with Crippen LogP contribution >= 0.6 is 22.6 Å². The average molecular weight is 352 g/mol. The lowest BCUT2D eigenvalue weighted by Crippen LogP contribution is -2.14. The van der Waals surface area contributed by atoms with Crippen LogP contribution in [0.15, 0.2) is 36.5 Å². The Bertz CT molecular complexity index is 615. The summed E-state index contributed by atoms with van der Waals surface area (Å²) in [5.41, 5.74) is 0.605. The van der Waals surface area contributed by atoms with Gasteiger partial charge in [0.05, 0.1) is 11.6 Å². The number of benzene rings is 1. The monoisotopic (exact) mass is 352 g/mol. The first-order valence-electron chi connectivity index (χ1n) is 5.17. The second kappa shape index (κ2) is 5.64. The Morgan fingerprint density at radius 3 is 2.94 bits per heavy atom. The number of nitrogens with zero attached hydrogens (tertiary/aromatic N) is 3. The van der Waals surface area contributed by atoms with E-state index in [2.05, 4.69) is 33.0 Å². The third-order valence-corrected chi connectivity index (χ3v) is 3.17. The van der Waals surface area contributed by atoms with Crippen molar-refractivity contribution in [3.63, 3.8) is 0 Å². The lowest BCUT2D eigenvalue weighted by atomic mass is 10.2. The summed E-state index contributed by atoms with van der Waals surface area (Å²) in [7, 11) is 0. The fraction of sp³-hybridized carbons (Fsp3) is 0.0833. The third kappa shape index (κ3) is 2.87. The van der Waals surface area contributed by atoms with E-state index in [-0.39, 0.29) is 12.5 Å². The lowest BCUT2D eigenvalue weighted by molar-refractivity contribution is 0.102. The fourth-order valence-electron chi connectivity index (χ4n) is 1.42. The van der Waals surface area contributed by atoms with Crippen molar-refractivity contribution in [3.8, 4) is 6.07 Å². The van der Waals surface area contributed by atoms with Crippen molar-refractivity contribution in [1.29, 1.82) is 5.26 Å². The van der Waals surface area contributed by atoms with Gasteiger partial charge < -0.3 is 5.32 Å². The summed E-state index contributed by atoms with van der Waals surface area (Å²) in [6, 6.07) is 10.9. The highest BCUT2D eigenvalue weighted by Gasteiger charge is 2.10. The van der Waals surface area contributed by atoms with E-state index >= 15 is 0 Å². The molecule has 2 rings (SSSR count). The minimum absolute atomic E-state index is 0.165. The summed E-state index contributed by atoms with van der Waals surface area (Å²) in [5.74, 6) is 0.233. The van der Waals surface area contributed by atoms with Crippen LogP contribution in [0.4, 0.5) is 5.82 Å². The number of anilines is 1. The molecular formula is C12H9IN4O. The van der Waals surface area contributed by atoms with Crippen LogP contribution in [0, 0.1) is 14.9 Å². The zero-order valence-electron chi connectivity index (χ0n) is 9.30. The van der Waals surface area contributed by atoms with Crippen molar-refractivity contribution in [2.24, 2.45) is 0 Å². The van der Waals surface area contributed by atoms with E-state index in [1.165, 1.54) is 4.68 Å². The summed E-state index contributed by atoms with van der Waals surface area (Å²) in [6.07, 6.45) is 1.65. The minimum Gasteiger partial charge on any atom is -0.305 e. The highest BCUT2D eigenvalue weighted by molar-refractivity contribution is 14.1. The maximum absolute atomic E-state index is 12.0. The molecule has 90 valence electrons. The first-order chi connectivity index (χ1) is 8.70. The van der Waals surface area contributed by atoms with E-state index in [1.54, 1.807) is 18.3 Å². The van der Waals surface area contributed by atoms with Gasteiger partial charge in [-0.15, -0.1) is 0 Å². The number of amides is 1. The van der Waals surface area contributed by atoms with Gasteiger partial charge in [-0.1, -0.05) is 12.1 Å². The van der Waals surface area contributed by atoms with Crippen molar-refractivity contribution >= 4 is 34.3 Å². The maximum atomic E-state index is 12.0. The first-order valence-corrected chi connectivity index (χ1v) is 6.25. The molecule has 0 bridgehead atoms.